The van der Waals surface area contributed by atoms with Gasteiger partial charge in [0.25, 0.3) is 0 Å². The number of aromatic hydroxyl groups is 1. The summed E-state index contributed by atoms with van der Waals surface area (Å²) in [7, 11) is 1.65. The minimum atomic E-state index is -0.0873. The summed E-state index contributed by atoms with van der Waals surface area (Å²) < 4.78 is 5.32. The molecule has 1 aliphatic carbocycles. The number of urea groups is 1. The van der Waals surface area contributed by atoms with Gasteiger partial charge in [0, 0.05) is 24.5 Å². The van der Waals surface area contributed by atoms with Gasteiger partial charge in [0.1, 0.15) is 11.5 Å². The summed E-state index contributed by atoms with van der Waals surface area (Å²) >= 11 is 0. The number of methoxy groups -OCH3 is 1. The maximum Gasteiger partial charge on any atom is 0.322 e. The number of hydrogen-bond donors (Lipinski definition) is 2. The molecule has 1 fully saturated rings. The first-order valence-corrected chi connectivity index (χ1v) is 14.7. The molecule has 0 radical (unpaired) electrons. The predicted octanol–water partition coefficient (Wildman–Crippen LogP) is 8.27. The molecule has 6 nitrogen and oxygen atoms in total. The lowest BCUT2D eigenvalue weighted by molar-refractivity contribution is 0.115. The number of rotatable bonds is 10. The van der Waals surface area contributed by atoms with Gasteiger partial charge in [-0.25, -0.2) is 4.79 Å². The van der Waals surface area contributed by atoms with Crippen LogP contribution < -0.4 is 10.1 Å². The van der Waals surface area contributed by atoms with Crippen LogP contribution in [0.1, 0.15) is 94.0 Å². The number of phenols is 1. The van der Waals surface area contributed by atoms with Crippen LogP contribution in [0.25, 0.3) is 0 Å². The van der Waals surface area contributed by atoms with E-state index in [1.54, 1.807) is 25.4 Å². The van der Waals surface area contributed by atoms with Crippen LogP contribution in [0.4, 0.5) is 10.5 Å². The molecule has 1 saturated carbocycles. The normalized spacial score (nSPS) is 14.8. The number of ether oxygens (including phenoxy) is 1. The molecular formula is C34H45N3O3. The molecule has 4 rings (SSSR count). The summed E-state index contributed by atoms with van der Waals surface area (Å²) in [6.45, 7) is 9.77. The van der Waals surface area contributed by atoms with Crippen LogP contribution in [0.15, 0.2) is 60.8 Å². The maximum atomic E-state index is 14.2. The molecule has 1 aliphatic rings. The fourth-order valence-corrected chi connectivity index (χ4v) is 6.02. The lowest BCUT2D eigenvalue weighted by Gasteiger charge is -2.41. The number of nitrogens with zero attached hydrogens (tertiary/aromatic N) is 2. The van der Waals surface area contributed by atoms with Crippen LogP contribution in [0.2, 0.25) is 0 Å². The molecule has 214 valence electrons. The zero-order chi connectivity index (χ0) is 28.7. The van der Waals surface area contributed by atoms with Crippen molar-refractivity contribution in [2.45, 2.75) is 84.6 Å². The van der Waals surface area contributed by atoms with Crippen molar-refractivity contribution in [2.75, 3.05) is 19.0 Å². The van der Waals surface area contributed by atoms with E-state index in [1.807, 2.05) is 29.2 Å². The number of carbonyl (C=O) groups excluding carboxylic acids is 1. The topological polar surface area (TPSA) is 74.7 Å². The Morgan fingerprint density at radius 3 is 2.17 bits per heavy atom. The second-order valence-corrected chi connectivity index (χ2v) is 12.0. The molecular weight excluding hydrogens is 498 g/mol. The Labute approximate surface area is 239 Å². The van der Waals surface area contributed by atoms with Crippen molar-refractivity contribution in [1.82, 2.24) is 9.88 Å². The number of nitrogens with one attached hydrogen (secondary N) is 1. The molecule has 0 saturated heterocycles. The van der Waals surface area contributed by atoms with Crippen molar-refractivity contribution in [3.63, 3.8) is 0 Å². The molecule has 0 unspecified atom stereocenters. The van der Waals surface area contributed by atoms with Gasteiger partial charge < -0.3 is 20.1 Å². The second kappa shape index (κ2) is 13.2. The number of amides is 2. The minimum absolute atomic E-state index is 0.0630. The molecule has 3 aromatic rings. The van der Waals surface area contributed by atoms with Gasteiger partial charge in [-0.3, -0.25) is 4.98 Å². The Kier molecular flexibility index (Phi) is 9.72. The van der Waals surface area contributed by atoms with E-state index in [9.17, 15) is 9.90 Å². The first-order chi connectivity index (χ1) is 19.2. The van der Waals surface area contributed by atoms with Crippen LogP contribution in [-0.2, 0) is 13.0 Å². The summed E-state index contributed by atoms with van der Waals surface area (Å²) in [5.41, 5.74) is 5.19. The molecule has 1 heterocycles. The van der Waals surface area contributed by atoms with Crippen LogP contribution in [-0.4, -0.2) is 34.7 Å². The lowest BCUT2D eigenvalue weighted by atomic mass is 9.70. The second-order valence-electron chi connectivity index (χ2n) is 12.0. The van der Waals surface area contributed by atoms with Crippen molar-refractivity contribution in [3.05, 3.63) is 83.2 Å². The standard InChI is InChI=1S/C34H45N3O3/c1-24(2)30-10-9-11-31(25(3)4)32(30)36-33(39)37(22-26-12-15-28(38)16-13-26)23-34(18-7-6-8-19-34)20-27-14-17-29(40-5)21-35-27/h9-17,21,24-25,38H,6-8,18-20,22-23H2,1-5H3,(H,36,39). The van der Waals surface area contributed by atoms with Crippen LogP contribution >= 0.6 is 0 Å². The third kappa shape index (κ3) is 7.35. The van der Waals surface area contributed by atoms with Gasteiger partial charge in [-0.15, -0.1) is 0 Å². The zero-order valence-corrected chi connectivity index (χ0v) is 24.7. The fourth-order valence-electron chi connectivity index (χ4n) is 6.02. The van der Waals surface area contributed by atoms with Crippen LogP contribution in [0.3, 0.4) is 0 Å². The van der Waals surface area contributed by atoms with E-state index in [4.69, 9.17) is 9.72 Å². The molecule has 0 aliphatic heterocycles. The summed E-state index contributed by atoms with van der Waals surface area (Å²) in [4.78, 5) is 20.9. The Bertz CT molecular complexity index is 1220. The number of carbonyl (C=O) groups is 1. The highest BCUT2D eigenvalue weighted by Crippen LogP contribution is 2.41. The zero-order valence-electron chi connectivity index (χ0n) is 24.7. The van der Waals surface area contributed by atoms with Gasteiger partial charge in [0.2, 0.25) is 0 Å². The minimum Gasteiger partial charge on any atom is -0.508 e. The lowest BCUT2D eigenvalue weighted by Crippen LogP contribution is -2.45. The smallest absolute Gasteiger partial charge is 0.322 e. The average Bonchev–Trinajstić information content (AvgIpc) is 2.94. The molecule has 0 spiro atoms. The number of anilines is 1. The summed E-state index contributed by atoms with van der Waals surface area (Å²) in [6, 6.07) is 17.4. The summed E-state index contributed by atoms with van der Waals surface area (Å²) in [5, 5.41) is 13.2. The Morgan fingerprint density at radius 1 is 0.975 bits per heavy atom. The van der Waals surface area contributed by atoms with E-state index in [2.05, 4.69) is 51.2 Å². The van der Waals surface area contributed by atoms with Gasteiger partial charge >= 0.3 is 6.03 Å². The number of aromatic nitrogens is 1. The van der Waals surface area contributed by atoms with E-state index < -0.39 is 0 Å². The maximum absolute atomic E-state index is 14.2. The number of phenolic OH excluding ortho intramolecular Hbond substituents is 1. The Balaban J connectivity index is 1.68. The van der Waals surface area contributed by atoms with Gasteiger partial charge in [-0.05, 0) is 77.5 Å². The first kappa shape index (κ1) is 29.4. The molecule has 2 N–H and O–H groups in total. The van der Waals surface area contributed by atoms with E-state index >= 15 is 0 Å². The van der Waals surface area contributed by atoms with E-state index in [1.165, 1.54) is 6.42 Å². The molecule has 6 heteroatoms. The molecule has 1 aromatic heterocycles. The quantitative estimate of drug-likeness (QED) is 0.270. The van der Waals surface area contributed by atoms with Gasteiger partial charge in [-0.2, -0.15) is 0 Å². The predicted molar refractivity (Wildman–Crippen MR) is 162 cm³/mol. The first-order valence-electron chi connectivity index (χ1n) is 14.7. The summed E-state index contributed by atoms with van der Waals surface area (Å²) in [5.74, 6) is 1.54. The van der Waals surface area contributed by atoms with Crippen molar-refractivity contribution in [3.8, 4) is 11.5 Å². The SMILES string of the molecule is COc1ccc(CC2(CN(Cc3ccc(O)cc3)C(=O)Nc3c(C(C)C)cccc3C(C)C)CCCCC2)nc1. The van der Waals surface area contributed by atoms with E-state index in [0.717, 1.165) is 65.9 Å². The van der Waals surface area contributed by atoms with Crippen LogP contribution in [0, 0.1) is 5.41 Å². The third-order valence-corrected chi connectivity index (χ3v) is 8.23. The number of hydrogen-bond acceptors (Lipinski definition) is 4. The van der Waals surface area contributed by atoms with Crippen molar-refractivity contribution >= 4 is 11.7 Å². The highest BCUT2D eigenvalue weighted by Gasteiger charge is 2.36. The van der Waals surface area contributed by atoms with E-state index in [-0.39, 0.29) is 29.0 Å². The molecule has 2 amide bonds. The molecule has 2 aromatic carbocycles. The number of benzene rings is 2. The molecule has 0 atom stereocenters. The molecule has 0 bridgehead atoms. The monoisotopic (exact) mass is 543 g/mol. The van der Waals surface area contributed by atoms with E-state index in [0.29, 0.717) is 13.1 Å². The van der Waals surface area contributed by atoms with Gasteiger partial charge in [-0.1, -0.05) is 77.3 Å². The number of para-hydroxylation sites is 1. The van der Waals surface area contributed by atoms with Crippen molar-refractivity contribution < 1.29 is 14.6 Å². The van der Waals surface area contributed by atoms with Gasteiger partial charge in [0.15, 0.2) is 0 Å². The largest absolute Gasteiger partial charge is 0.508 e. The average molecular weight is 544 g/mol. The third-order valence-electron chi connectivity index (χ3n) is 8.23. The summed E-state index contributed by atoms with van der Waals surface area (Å²) in [6.07, 6.45) is 8.23. The Hall–Kier alpha value is -3.54. The van der Waals surface area contributed by atoms with Crippen molar-refractivity contribution in [1.29, 1.82) is 0 Å². The Morgan fingerprint density at radius 2 is 1.62 bits per heavy atom. The van der Waals surface area contributed by atoms with Crippen LogP contribution in [0.5, 0.6) is 11.5 Å². The molecule has 40 heavy (non-hydrogen) atoms. The fraction of sp³-hybridized carbons (Fsp3) is 0.471. The highest BCUT2D eigenvalue weighted by molar-refractivity contribution is 5.91. The van der Waals surface area contributed by atoms with Crippen molar-refractivity contribution in [2.24, 2.45) is 5.41 Å². The number of pyridine rings is 1. The highest BCUT2D eigenvalue weighted by atomic mass is 16.5. The van der Waals surface area contributed by atoms with Gasteiger partial charge in [0.05, 0.1) is 13.3 Å².